The average molecular weight is 381 g/mol. The first-order valence-electron chi connectivity index (χ1n) is 8.48. The van der Waals surface area contributed by atoms with Gasteiger partial charge in [0.1, 0.15) is 22.7 Å². The maximum Gasteiger partial charge on any atom is 0.349 e. The van der Waals surface area contributed by atoms with Crippen molar-refractivity contribution in [2.24, 2.45) is 0 Å². The predicted molar refractivity (Wildman–Crippen MR) is 102 cm³/mol. The Hall–Kier alpha value is -3.74. The Kier molecular flexibility index (Phi) is 5.64. The number of benzene rings is 2. The Morgan fingerprint density at radius 3 is 2.61 bits per heavy atom. The largest absolute Gasteiger partial charge is 0.423 e. The summed E-state index contributed by atoms with van der Waals surface area (Å²) in [5.74, 6) is -1.35. The number of ether oxygens (including phenoxy) is 1. The molecule has 1 aromatic heterocycles. The number of nitrogens with one attached hydrogen (secondary N) is 1. The van der Waals surface area contributed by atoms with Crippen LogP contribution in [-0.4, -0.2) is 18.4 Å². The van der Waals surface area contributed by atoms with Crippen molar-refractivity contribution < 1.29 is 23.1 Å². The van der Waals surface area contributed by atoms with Crippen molar-refractivity contribution in [2.45, 2.75) is 6.92 Å². The number of carbonyl (C=O) groups excluding carboxylic acids is 2. The van der Waals surface area contributed by atoms with Gasteiger partial charge in [-0.2, -0.15) is 0 Å². The summed E-state index contributed by atoms with van der Waals surface area (Å²) in [6, 6.07) is 11.5. The zero-order valence-corrected chi connectivity index (χ0v) is 14.9. The van der Waals surface area contributed by atoms with Gasteiger partial charge >= 0.3 is 11.6 Å². The molecule has 0 saturated carbocycles. The fraction of sp³-hybridized carbons (Fsp3) is 0.0952. The van der Waals surface area contributed by atoms with E-state index in [1.165, 1.54) is 54.6 Å². The lowest BCUT2D eigenvalue weighted by molar-refractivity contribution is -0.128. The molecule has 6 nitrogen and oxygen atoms in total. The Labute approximate surface area is 159 Å². The van der Waals surface area contributed by atoms with Crippen LogP contribution in [0.15, 0.2) is 63.8 Å². The lowest BCUT2D eigenvalue weighted by Gasteiger charge is -2.05. The van der Waals surface area contributed by atoms with Gasteiger partial charge in [-0.1, -0.05) is 12.1 Å². The number of fused-ring (bicyclic) bond motifs is 1. The molecule has 0 aliphatic carbocycles. The van der Waals surface area contributed by atoms with Gasteiger partial charge < -0.3 is 14.5 Å². The molecule has 0 saturated heterocycles. The predicted octanol–water partition coefficient (Wildman–Crippen LogP) is 3.30. The van der Waals surface area contributed by atoms with Gasteiger partial charge in [-0.15, -0.1) is 0 Å². The number of hydrogen-bond acceptors (Lipinski definition) is 5. The topological polar surface area (TPSA) is 85.6 Å². The fourth-order valence-electron chi connectivity index (χ4n) is 2.46. The van der Waals surface area contributed by atoms with Crippen molar-refractivity contribution in [1.29, 1.82) is 0 Å². The van der Waals surface area contributed by atoms with Crippen LogP contribution in [0.2, 0.25) is 0 Å². The van der Waals surface area contributed by atoms with E-state index >= 15 is 0 Å². The minimum absolute atomic E-state index is 0.0960. The standard InChI is InChI=1S/C21H16FNO5/c1-2-23-20(25)17-11-14-6-9-16(12-18(14)28-21(17)26)27-19(24)10-5-13-3-7-15(22)8-4-13/h3-12H,2H2,1H3,(H,23,25)/b10-5+. The van der Waals surface area contributed by atoms with Crippen LogP contribution in [0.25, 0.3) is 17.0 Å². The van der Waals surface area contributed by atoms with E-state index in [1.807, 2.05) is 0 Å². The second kappa shape index (κ2) is 8.30. The lowest BCUT2D eigenvalue weighted by Crippen LogP contribution is -2.27. The van der Waals surface area contributed by atoms with Crippen LogP contribution >= 0.6 is 0 Å². The molecule has 2 aromatic carbocycles. The summed E-state index contributed by atoms with van der Waals surface area (Å²) in [5, 5.41) is 3.05. The fourth-order valence-corrected chi connectivity index (χ4v) is 2.46. The molecular formula is C21H16FNO5. The van der Waals surface area contributed by atoms with Crippen molar-refractivity contribution in [3.05, 3.63) is 82.0 Å². The maximum absolute atomic E-state index is 12.9. The molecule has 1 heterocycles. The SMILES string of the molecule is CCNC(=O)c1cc2ccc(OC(=O)/C=C/c3ccc(F)cc3)cc2oc1=O. The molecule has 0 unspecified atom stereocenters. The van der Waals surface area contributed by atoms with E-state index in [4.69, 9.17) is 9.15 Å². The third-order valence-corrected chi connectivity index (χ3v) is 3.79. The second-order valence-electron chi connectivity index (χ2n) is 5.81. The van der Waals surface area contributed by atoms with Crippen LogP contribution in [0, 0.1) is 5.82 Å². The molecule has 3 aromatic rings. The van der Waals surface area contributed by atoms with E-state index in [0.717, 1.165) is 0 Å². The monoisotopic (exact) mass is 381 g/mol. The summed E-state index contributed by atoms with van der Waals surface area (Å²) in [6.07, 6.45) is 2.69. The van der Waals surface area contributed by atoms with Crippen molar-refractivity contribution in [3.8, 4) is 5.75 Å². The Morgan fingerprint density at radius 2 is 1.89 bits per heavy atom. The van der Waals surface area contributed by atoms with Crippen molar-refractivity contribution in [1.82, 2.24) is 5.32 Å². The van der Waals surface area contributed by atoms with Crippen LogP contribution in [-0.2, 0) is 4.79 Å². The van der Waals surface area contributed by atoms with Crippen LogP contribution in [0.4, 0.5) is 4.39 Å². The molecule has 0 aliphatic heterocycles. The highest BCUT2D eigenvalue weighted by Crippen LogP contribution is 2.21. The first-order valence-corrected chi connectivity index (χ1v) is 8.48. The van der Waals surface area contributed by atoms with Crippen LogP contribution in [0.3, 0.4) is 0 Å². The average Bonchev–Trinajstić information content (AvgIpc) is 2.67. The summed E-state index contributed by atoms with van der Waals surface area (Å²) in [4.78, 5) is 35.8. The molecule has 142 valence electrons. The van der Waals surface area contributed by atoms with Gasteiger partial charge in [0.05, 0.1) is 0 Å². The summed E-state index contributed by atoms with van der Waals surface area (Å²) in [5.41, 5.74) is -0.0499. The van der Waals surface area contributed by atoms with Gasteiger partial charge in [-0.3, -0.25) is 4.79 Å². The van der Waals surface area contributed by atoms with Gasteiger partial charge in [0.2, 0.25) is 0 Å². The van der Waals surface area contributed by atoms with Crippen molar-refractivity contribution in [3.63, 3.8) is 0 Å². The maximum atomic E-state index is 12.9. The molecule has 0 atom stereocenters. The van der Waals surface area contributed by atoms with E-state index in [0.29, 0.717) is 17.5 Å². The summed E-state index contributed by atoms with van der Waals surface area (Å²) in [7, 11) is 0. The minimum atomic E-state index is -0.780. The molecule has 3 rings (SSSR count). The summed E-state index contributed by atoms with van der Waals surface area (Å²) >= 11 is 0. The molecule has 0 radical (unpaired) electrons. The molecule has 0 fully saturated rings. The van der Waals surface area contributed by atoms with E-state index in [9.17, 15) is 18.8 Å². The third kappa shape index (κ3) is 4.50. The third-order valence-electron chi connectivity index (χ3n) is 3.79. The van der Waals surface area contributed by atoms with E-state index in [1.54, 1.807) is 13.0 Å². The number of rotatable bonds is 5. The zero-order valence-electron chi connectivity index (χ0n) is 14.9. The highest BCUT2D eigenvalue weighted by Gasteiger charge is 2.13. The molecule has 0 bridgehead atoms. The molecule has 0 aliphatic rings. The minimum Gasteiger partial charge on any atom is -0.423 e. The van der Waals surface area contributed by atoms with Gasteiger partial charge in [0.25, 0.3) is 5.91 Å². The van der Waals surface area contributed by atoms with E-state index in [-0.39, 0.29) is 22.7 Å². The van der Waals surface area contributed by atoms with Crippen LogP contribution in [0.1, 0.15) is 22.8 Å². The number of halogens is 1. The number of hydrogen-bond donors (Lipinski definition) is 1. The van der Waals surface area contributed by atoms with E-state index < -0.39 is 17.5 Å². The summed E-state index contributed by atoms with van der Waals surface area (Å²) in [6.45, 7) is 2.13. The Balaban J connectivity index is 1.77. The van der Waals surface area contributed by atoms with Crippen molar-refractivity contribution in [2.75, 3.05) is 6.54 Å². The number of carbonyl (C=O) groups is 2. The van der Waals surface area contributed by atoms with Gasteiger partial charge in [0, 0.05) is 24.1 Å². The molecule has 0 spiro atoms. The highest BCUT2D eigenvalue weighted by molar-refractivity contribution is 5.97. The second-order valence-corrected chi connectivity index (χ2v) is 5.81. The highest BCUT2D eigenvalue weighted by atomic mass is 19.1. The first kappa shape index (κ1) is 19.0. The van der Waals surface area contributed by atoms with E-state index in [2.05, 4.69) is 5.32 Å². The molecule has 1 N–H and O–H groups in total. The van der Waals surface area contributed by atoms with Gasteiger partial charge in [-0.05, 0) is 48.9 Å². The smallest absolute Gasteiger partial charge is 0.349 e. The van der Waals surface area contributed by atoms with Crippen LogP contribution in [0.5, 0.6) is 5.75 Å². The molecule has 7 heteroatoms. The zero-order chi connectivity index (χ0) is 20.1. The Morgan fingerprint density at radius 1 is 1.14 bits per heavy atom. The molecule has 1 amide bonds. The Bertz CT molecular complexity index is 1120. The van der Waals surface area contributed by atoms with Gasteiger partial charge in [0.15, 0.2) is 0 Å². The quantitative estimate of drug-likeness (QED) is 0.317. The molecule has 28 heavy (non-hydrogen) atoms. The normalized spacial score (nSPS) is 10.9. The van der Waals surface area contributed by atoms with Crippen molar-refractivity contribution >= 4 is 28.9 Å². The van der Waals surface area contributed by atoms with Gasteiger partial charge in [-0.25, -0.2) is 14.0 Å². The number of esters is 1. The number of amides is 1. The first-order chi connectivity index (χ1) is 13.5. The lowest BCUT2D eigenvalue weighted by atomic mass is 10.1. The van der Waals surface area contributed by atoms with Crippen LogP contribution < -0.4 is 15.7 Å². The summed E-state index contributed by atoms with van der Waals surface area (Å²) < 4.78 is 23.2. The molecular weight excluding hydrogens is 365 g/mol.